The maximum atomic E-state index is 2.34. The van der Waals surface area contributed by atoms with Gasteiger partial charge in [-0.05, 0) is 28.1 Å². The van der Waals surface area contributed by atoms with Gasteiger partial charge in [0.25, 0.3) is 0 Å². The van der Waals surface area contributed by atoms with Crippen molar-refractivity contribution in [3.05, 3.63) is 78.1 Å². The molecule has 0 bridgehead atoms. The Morgan fingerprint density at radius 1 is 0.700 bits per heavy atom. The van der Waals surface area contributed by atoms with Crippen LogP contribution in [0.4, 0.5) is 0 Å². The van der Waals surface area contributed by atoms with Crippen LogP contribution in [-0.4, -0.2) is 0 Å². The third-order valence-electron chi connectivity index (χ3n) is 3.59. The van der Waals surface area contributed by atoms with Crippen LogP contribution in [0.1, 0.15) is 25.1 Å². The maximum Gasteiger partial charge on any atom is 0.00590 e. The van der Waals surface area contributed by atoms with Crippen LogP contribution in [0.2, 0.25) is 0 Å². The van der Waals surface area contributed by atoms with E-state index in [0.29, 0.717) is 5.92 Å². The van der Waals surface area contributed by atoms with Gasteiger partial charge < -0.3 is 0 Å². The Labute approximate surface area is 122 Å². The van der Waals surface area contributed by atoms with Gasteiger partial charge in [-0.25, -0.2) is 0 Å². The molecule has 2 aromatic carbocycles. The summed E-state index contributed by atoms with van der Waals surface area (Å²) >= 11 is 0. The topological polar surface area (TPSA) is 0 Å². The highest BCUT2D eigenvalue weighted by Gasteiger charge is 2.15. The second-order valence-electron chi connectivity index (χ2n) is 5.34. The maximum absolute atomic E-state index is 2.34. The van der Waals surface area contributed by atoms with Gasteiger partial charge in [0.1, 0.15) is 0 Å². The lowest BCUT2D eigenvalue weighted by molar-refractivity contribution is 0.889. The first kappa shape index (κ1) is 13.2. The van der Waals surface area contributed by atoms with Crippen LogP contribution in [0.15, 0.2) is 72.8 Å². The predicted molar refractivity (Wildman–Crippen MR) is 90.0 cm³/mol. The smallest absolute Gasteiger partial charge is 0.00590 e. The van der Waals surface area contributed by atoms with Crippen molar-refractivity contribution < 1.29 is 0 Å². The first-order valence-corrected chi connectivity index (χ1v) is 8.44. The standard InChI is InChI=1S/C19H19P/c1-15(2)18-13-14-19(16-9-5-3-6-10-16)20(18)17-11-7-4-8-12-17/h3-15H,1-2H3. The van der Waals surface area contributed by atoms with Gasteiger partial charge >= 0.3 is 0 Å². The number of hydrogen-bond donors (Lipinski definition) is 0. The lowest BCUT2D eigenvalue weighted by Crippen LogP contribution is -1.81. The lowest BCUT2D eigenvalue weighted by Gasteiger charge is -2.12. The van der Waals surface area contributed by atoms with Crippen molar-refractivity contribution in [2.45, 2.75) is 19.8 Å². The van der Waals surface area contributed by atoms with Crippen LogP contribution in [-0.2, 0) is 0 Å². The van der Waals surface area contributed by atoms with Gasteiger partial charge in [0.15, 0.2) is 0 Å². The normalized spacial score (nSPS) is 11.8. The molecule has 0 saturated carbocycles. The quantitative estimate of drug-likeness (QED) is 0.516. The Morgan fingerprint density at radius 3 is 1.90 bits per heavy atom. The van der Waals surface area contributed by atoms with Crippen LogP contribution in [0.25, 0.3) is 16.2 Å². The van der Waals surface area contributed by atoms with Crippen molar-refractivity contribution in [2.24, 2.45) is 0 Å². The van der Waals surface area contributed by atoms with E-state index in [1.165, 1.54) is 16.2 Å². The van der Waals surface area contributed by atoms with E-state index < -0.39 is 0 Å². The molecule has 1 heterocycles. The van der Waals surface area contributed by atoms with E-state index in [4.69, 9.17) is 0 Å². The molecule has 0 spiro atoms. The molecule has 3 rings (SSSR count). The third-order valence-corrected chi connectivity index (χ3v) is 6.47. The van der Waals surface area contributed by atoms with Crippen molar-refractivity contribution in [1.29, 1.82) is 0 Å². The fraction of sp³-hybridized carbons (Fsp3) is 0.158. The zero-order valence-corrected chi connectivity index (χ0v) is 12.8. The Morgan fingerprint density at radius 2 is 1.30 bits per heavy atom. The molecule has 1 atom stereocenters. The molecule has 0 aliphatic heterocycles. The highest BCUT2D eigenvalue weighted by atomic mass is 31.1. The van der Waals surface area contributed by atoms with Crippen LogP contribution in [0.3, 0.4) is 0 Å². The molecule has 3 aromatic rings. The molecule has 0 nitrogen and oxygen atoms in total. The summed E-state index contributed by atoms with van der Waals surface area (Å²) in [6.07, 6.45) is 0. The highest BCUT2D eigenvalue weighted by Crippen LogP contribution is 2.54. The summed E-state index contributed by atoms with van der Waals surface area (Å²) in [4.78, 5) is 0. The minimum Gasteiger partial charge on any atom is -0.0818 e. The zero-order chi connectivity index (χ0) is 13.9. The summed E-state index contributed by atoms with van der Waals surface area (Å²) < 4.78 is 0. The molecule has 100 valence electrons. The van der Waals surface area contributed by atoms with E-state index in [2.05, 4.69) is 86.6 Å². The summed E-state index contributed by atoms with van der Waals surface area (Å²) in [5, 5.41) is 4.51. The van der Waals surface area contributed by atoms with Gasteiger partial charge in [0, 0.05) is 5.30 Å². The Balaban J connectivity index is 2.22. The monoisotopic (exact) mass is 278 g/mol. The summed E-state index contributed by atoms with van der Waals surface area (Å²) in [5.41, 5.74) is 1.36. The molecule has 1 heteroatoms. The van der Waals surface area contributed by atoms with Crippen LogP contribution >= 0.6 is 7.53 Å². The first-order chi connectivity index (χ1) is 9.77. The molecule has 0 aliphatic rings. The van der Waals surface area contributed by atoms with Crippen LogP contribution in [0.5, 0.6) is 0 Å². The SMILES string of the molecule is CC(C)c1ccc(-c2ccccc2)p1-c1ccccc1. The summed E-state index contributed by atoms with van der Waals surface area (Å²) in [5.74, 6) is 0.596. The van der Waals surface area contributed by atoms with Gasteiger partial charge in [-0.15, -0.1) is 0 Å². The highest BCUT2D eigenvalue weighted by molar-refractivity contribution is 7.61. The fourth-order valence-electron chi connectivity index (χ4n) is 2.60. The van der Waals surface area contributed by atoms with Crippen LogP contribution < -0.4 is 0 Å². The fourth-order valence-corrected chi connectivity index (χ4v) is 5.30. The first-order valence-electron chi connectivity index (χ1n) is 7.10. The van der Waals surface area contributed by atoms with Gasteiger partial charge in [-0.2, -0.15) is 0 Å². The molecule has 20 heavy (non-hydrogen) atoms. The molecule has 0 amide bonds. The van der Waals surface area contributed by atoms with Gasteiger partial charge in [0.05, 0.1) is 0 Å². The third kappa shape index (κ3) is 2.44. The van der Waals surface area contributed by atoms with E-state index in [1.807, 2.05) is 0 Å². The lowest BCUT2D eigenvalue weighted by atomic mass is 10.1. The molecule has 0 radical (unpaired) electrons. The molecule has 0 N–H and O–H groups in total. The molecule has 1 unspecified atom stereocenters. The van der Waals surface area contributed by atoms with Crippen molar-refractivity contribution in [2.75, 3.05) is 0 Å². The minimum absolute atomic E-state index is 0.361. The zero-order valence-electron chi connectivity index (χ0n) is 12.0. The van der Waals surface area contributed by atoms with Crippen molar-refractivity contribution in [3.63, 3.8) is 0 Å². The summed E-state index contributed by atoms with van der Waals surface area (Å²) in [6, 6.07) is 26.4. The van der Waals surface area contributed by atoms with Crippen molar-refractivity contribution in [1.82, 2.24) is 0 Å². The number of rotatable bonds is 3. The Bertz CT molecular complexity index is 678. The van der Waals surface area contributed by atoms with Crippen molar-refractivity contribution in [3.8, 4) is 16.2 Å². The second-order valence-corrected chi connectivity index (χ2v) is 7.52. The van der Waals surface area contributed by atoms with Gasteiger partial charge in [0.2, 0.25) is 0 Å². The Hall–Kier alpha value is -1.78. The number of benzene rings is 2. The largest absolute Gasteiger partial charge is 0.0818 e. The summed E-state index contributed by atoms with van der Waals surface area (Å²) in [6.45, 7) is 4.60. The molecule has 0 fully saturated rings. The van der Waals surface area contributed by atoms with E-state index in [9.17, 15) is 0 Å². The summed E-state index contributed by atoms with van der Waals surface area (Å²) in [7, 11) is -0.361. The van der Waals surface area contributed by atoms with E-state index in [-0.39, 0.29) is 7.53 Å². The van der Waals surface area contributed by atoms with Crippen molar-refractivity contribution >= 4 is 7.53 Å². The molecule has 0 aliphatic carbocycles. The molecular weight excluding hydrogens is 259 g/mol. The average molecular weight is 278 g/mol. The number of hydrogen-bond acceptors (Lipinski definition) is 0. The van der Waals surface area contributed by atoms with E-state index in [0.717, 1.165) is 0 Å². The van der Waals surface area contributed by atoms with E-state index in [1.54, 1.807) is 5.30 Å². The average Bonchev–Trinajstić information content (AvgIpc) is 2.94. The van der Waals surface area contributed by atoms with Crippen LogP contribution in [0, 0.1) is 0 Å². The molecular formula is C19H19P. The minimum atomic E-state index is -0.361. The second kappa shape index (κ2) is 5.69. The predicted octanol–water partition coefficient (Wildman–Crippen LogP) is 6.45. The molecule has 0 saturated heterocycles. The van der Waals surface area contributed by atoms with E-state index >= 15 is 0 Å². The Kier molecular flexibility index (Phi) is 3.76. The molecule has 1 aromatic heterocycles. The van der Waals surface area contributed by atoms with Gasteiger partial charge in [-0.3, -0.25) is 0 Å². The van der Waals surface area contributed by atoms with Gasteiger partial charge in [-0.1, -0.05) is 88.1 Å².